The molecule has 1 aromatic heterocycles. The Labute approximate surface area is 185 Å². The van der Waals surface area contributed by atoms with Crippen LogP contribution >= 0.6 is 0 Å². The van der Waals surface area contributed by atoms with E-state index >= 15 is 0 Å². The molecule has 0 atom stereocenters. The fourth-order valence-corrected chi connectivity index (χ4v) is 4.17. The Balaban J connectivity index is 1.52. The molecule has 162 valence electrons. The summed E-state index contributed by atoms with van der Waals surface area (Å²) in [5, 5.41) is 7.04. The molecule has 0 aliphatic rings. The van der Waals surface area contributed by atoms with Crippen molar-refractivity contribution < 1.29 is 17.9 Å². The Morgan fingerprint density at radius 3 is 2.28 bits per heavy atom. The molecule has 0 saturated carbocycles. The van der Waals surface area contributed by atoms with Gasteiger partial charge in [-0.15, -0.1) is 0 Å². The van der Waals surface area contributed by atoms with Crippen LogP contribution in [0.5, 0.6) is 5.75 Å². The van der Waals surface area contributed by atoms with Gasteiger partial charge in [-0.3, -0.25) is 9.52 Å². The second kappa shape index (κ2) is 8.94. The van der Waals surface area contributed by atoms with Crippen molar-refractivity contribution in [2.75, 3.05) is 17.1 Å². The van der Waals surface area contributed by atoms with Crippen LogP contribution in [0.2, 0.25) is 0 Å². The van der Waals surface area contributed by atoms with Crippen molar-refractivity contribution in [2.24, 2.45) is 0 Å². The van der Waals surface area contributed by atoms with Gasteiger partial charge in [-0.05, 0) is 54.6 Å². The first-order chi connectivity index (χ1) is 15.5. The molecule has 0 spiro atoms. The molecule has 0 fully saturated rings. The van der Waals surface area contributed by atoms with E-state index in [1.165, 1.54) is 31.4 Å². The molecule has 0 aliphatic carbocycles. The average Bonchev–Trinajstić information content (AvgIpc) is 3.34. The zero-order valence-electron chi connectivity index (χ0n) is 17.1. The number of para-hydroxylation sites is 4. The maximum Gasteiger partial charge on any atom is 0.262 e. The van der Waals surface area contributed by atoms with Crippen LogP contribution in [0.1, 0.15) is 10.4 Å². The van der Waals surface area contributed by atoms with Crippen LogP contribution < -0.4 is 14.8 Å². The molecule has 2 N–H and O–H groups in total. The number of hydrogen-bond donors (Lipinski definition) is 2. The van der Waals surface area contributed by atoms with Crippen molar-refractivity contribution in [1.29, 1.82) is 0 Å². The van der Waals surface area contributed by atoms with Gasteiger partial charge < -0.3 is 10.1 Å². The van der Waals surface area contributed by atoms with Gasteiger partial charge in [-0.25, -0.2) is 13.1 Å². The molecule has 4 rings (SSSR count). The van der Waals surface area contributed by atoms with Crippen LogP contribution in [0.3, 0.4) is 0 Å². The van der Waals surface area contributed by atoms with Gasteiger partial charge in [0.15, 0.2) is 0 Å². The van der Waals surface area contributed by atoms with Crippen LogP contribution in [-0.2, 0) is 10.0 Å². The highest BCUT2D eigenvalue weighted by atomic mass is 32.2. The third kappa shape index (κ3) is 4.47. The fraction of sp³-hybridized carbons (Fsp3) is 0.0435. The van der Waals surface area contributed by atoms with E-state index in [0.717, 1.165) is 0 Å². The molecule has 0 unspecified atom stereocenters. The molecular weight excluding hydrogens is 428 g/mol. The van der Waals surface area contributed by atoms with Gasteiger partial charge in [0.1, 0.15) is 5.75 Å². The zero-order chi connectivity index (χ0) is 22.6. The first-order valence-corrected chi connectivity index (χ1v) is 11.1. The zero-order valence-corrected chi connectivity index (χ0v) is 17.9. The Morgan fingerprint density at radius 1 is 0.906 bits per heavy atom. The standard InChI is InChI=1S/C23H20N4O4S/c1-31-22-10-5-3-8-20(22)26-32(29,30)18-13-11-17(12-14-18)23(28)25-19-7-2-4-9-21(19)27-16-6-15-24-27/h2-16,26H,1H3,(H,25,28). The molecule has 1 heterocycles. The maximum absolute atomic E-state index is 12.7. The average molecular weight is 449 g/mol. The van der Waals surface area contributed by atoms with Crippen LogP contribution in [-0.4, -0.2) is 31.2 Å². The van der Waals surface area contributed by atoms with Crippen molar-refractivity contribution in [3.63, 3.8) is 0 Å². The van der Waals surface area contributed by atoms with Gasteiger partial charge in [0.05, 0.1) is 29.1 Å². The summed E-state index contributed by atoms with van der Waals surface area (Å²) in [5.41, 5.74) is 1.94. The number of benzene rings is 3. The Bertz CT molecular complexity index is 1330. The Kier molecular flexibility index (Phi) is 5.91. The number of nitrogens with zero attached hydrogens (tertiary/aromatic N) is 2. The quantitative estimate of drug-likeness (QED) is 0.446. The largest absolute Gasteiger partial charge is 0.495 e. The second-order valence-corrected chi connectivity index (χ2v) is 8.43. The summed E-state index contributed by atoms with van der Waals surface area (Å²) in [6.45, 7) is 0. The summed E-state index contributed by atoms with van der Waals surface area (Å²) in [7, 11) is -2.39. The van der Waals surface area contributed by atoms with Gasteiger partial charge >= 0.3 is 0 Å². The van der Waals surface area contributed by atoms with Gasteiger partial charge in [0.25, 0.3) is 15.9 Å². The minimum absolute atomic E-state index is 0.0249. The lowest BCUT2D eigenvalue weighted by molar-refractivity contribution is 0.102. The van der Waals surface area contributed by atoms with Crippen molar-refractivity contribution in [2.45, 2.75) is 4.90 Å². The fourth-order valence-electron chi connectivity index (χ4n) is 3.10. The first-order valence-electron chi connectivity index (χ1n) is 9.64. The van der Waals surface area contributed by atoms with E-state index in [4.69, 9.17) is 4.74 Å². The number of ether oxygens (including phenoxy) is 1. The molecule has 0 bridgehead atoms. The smallest absolute Gasteiger partial charge is 0.262 e. The lowest BCUT2D eigenvalue weighted by atomic mass is 10.2. The van der Waals surface area contributed by atoms with Crippen LogP contribution in [0, 0.1) is 0 Å². The highest BCUT2D eigenvalue weighted by molar-refractivity contribution is 7.92. The molecule has 9 heteroatoms. The van der Waals surface area contributed by atoms with Crippen LogP contribution in [0.15, 0.2) is 96.2 Å². The molecule has 1 amide bonds. The number of hydrogen-bond acceptors (Lipinski definition) is 5. The van der Waals surface area contributed by atoms with E-state index in [0.29, 0.717) is 28.4 Å². The van der Waals surface area contributed by atoms with E-state index in [2.05, 4.69) is 15.1 Å². The predicted octanol–water partition coefficient (Wildman–Crippen LogP) is 3.93. The van der Waals surface area contributed by atoms with E-state index < -0.39 is 10.0 Å². The molecule has 0 saturated heterocycles. The lowest BCUT2D eigenvalue weighted by Crippen LogP contribution is -2.16. The van der Waals surface area contributed by atoms with E-state index in [9.17, 15) is 13.2 Å². The molecular formula is C23H20N4O4S. The Morgan fingerprint density at radius 2 is 1.59 bits per heavy atom. The topological polar surface area (TPSA) is 102 Å². The summed E-state index contributed by atoms with van der Waals surface area (Å²) < 4.78 is 34.8. The Hall–Kier alpha value is -4.11. The molecule has 0 radical (unpaired) electrons. The van der Waals surface area contributed by atoms with E-state index in [1.54, 1.807) is 53.5 Å². The van der Waals surface area contributed by atoms with Gasteiger partial charge in [0.2, 0.25) is 0 Å². The third-order valence-electron chi connectivity index (χ3n) is 4.68. The molecule has 3 aromatic carbocycles. The van der Waals surface area contributed by atoms with Crippen molar-refractivity contribution >= 4 is 27.3 Å². The maximum atomic E-state index is 12.7. The summed E-state index contributed by atoms with van der Waals surface area (Å²) in [6, 6.07) is 21.4. The number of anilines is 2. The van der Waals surface area contributed by atoms with Crippen molar-refractivity contribution in [3.05, 3.63) is 96.8 Å². The number of methoxy groups -OCH3 is 1. The van der Waals surface area contributed by atoms with Crippen LogP contribution in [0.4, 0.5) is 11.4 Å². The molecule has 4 aromatic rings. The summed E-state index contributed by atoms with van der Waals surface area (Å²) in [4.78, 5) is 12.8. The van der Waals surface area contributed by atoms with Crippen LogP contribution in [0.25, 0.3) is 5.69 Å². The molecule has 32 heavy (non-hydrogen) atoms. The van der Waals surface area contributed by atoms with Crippen molar-refractivity contribution in [3.8, 4) is 11.4 Å². The van der Waals surface area contributed by atoms with Gasteiger partial charge in [-0.2, -0.15) is 5.10 Å². The highest BCUT2D eigenvalue weighted by Crippen LogP contribution is 2.26. The minimum Gasteiger partial charge on any atom is -0.495 e. The number of amides is 1. The number of aromatic nitrogens is 2. The minimum atomic E-state index is -3.86. The van der Waals surface area contributed by atoms with Gasteiger partial charge in [-0.1, -0.05) is 24.3 Å². The number of carbonyl (C=O) groups excluding carboxylic acids is 1. The van der Waals surface area contributed by atoms with Crippen molar-refractivity contribution in [1.82, 2.24) is 9.78 Å². The third-order valence-corrected chi connectivity index (χ3v) is 6.06. The summed E-state index contributed by atoms with van der Waals surface area (Å²) >= 11 is 0. The number of carbonyl (C=O) groups is 1. The highest BCUT2D eigenvalue weighted by Gasteiger charge is 2.17. The molecule has 0 aliphatic heterocycles. The number of rotatable bonds is 7. The normalized spacial score (nSPS) is 11.0. The summed E-state index contributed by atoms with van der Waals surface area (Å²) in [5.74, 6) is 0.0363. The number of nitrogens with one attached hydrogen (secondary N) is 2. The lowest BCUT2D eigenvalue weighted by Gasteiger charge is -2.13. The monoisotopic (exact) mass is 448 g/mol. The summed E-state index contributed by atoms with van der Waals surface area (Å²) in [6.07, 6.45) is 3.43. The SMILES string of the molecule is COc1ccccc1NS(=O)(=O)c1ccc(C(=O)Nc2ccccc2-n2cccn2)cc1. The predicted molar refractivity (Wildman–Crippen MR) is 122 cm³/mol. The second-order valence-electron chi connectivity index (χ2n) is 6.75. The van der Waals surface area contributed by atoms with E-state index in [-0.39, 0.29) is 10.8 Å². The number of sulfonamides is 1. The first kappa shape index (κ1) is 21.1. The molecule has 8 nitrogen and oxygen atoms in total. The van der Waals surface area contributed by atoms with E-state index in [1.807, 2.05) is 18.2 Å². The van der Waals surface area contributed by atoms with Gasteiger partial charge in [0, 0.05) is 18.0 Å².